The number of hydrogen-bond acceptors (Lipinski definition) is 3. The van der Waals surface area contributed by atoms with Crippen LogP contribution in [0.4, 0.5) is 0 Å². The maximum Gasteiger partial charge on any atom is 0.123 e. The molecule has 0 saturated carbocycles. The predicted molar refractivity (Wildman–Crippen MR) is 68.1 cm³/mol. The standard InChI is InChI=1S/C12H19NO2S/c1-3-8-16(14)9-11(13)10-6-4-5-7-12(10)15-2/h4-7,11H,3,8-9,13H2,1-2H3. The van der Waals surface area contributed by atoms with Crippen LogP contribution < -0.4 is 10.5 Å². The smallest absolute Gasteiger partial charge is 0.123 e. The first-order valence-corrected chi connectivity index (χ1v) is 6.91. The number of ether oxygens (including phenoxy) is 1. The molecule has 1 aromatic rings. The van der Waals surface area contributed by atoms with Gasteiger partial charge in [0.25, 0.3) is 0 Å². The summed E-state index contributed by atoms with van der Waals surface area (Å²) in [4.78, 5) is 0. The van der Waals surface area contributed by atoms with E-state index < -0.39 is 10.8 Å². The van der Waals surface area contributed by atoms with Crippen LogP contribution in [0.25, 0.3) is 0 Å². The lowest BCUT2D eigenvalue weighted by Gasteiger charge is -2.14. The average molecular weight is 241 g/mol. The van der Waals surface area contributed by atoms with Gasteiger partial charge in [0.2, 0.25) is 0 Å². The second kappa shape index (κ2) is 6.66. The Bertz CT molecular complexity index is 355. The summed E-state index contributed by atoms with van der Waals surface area (Å²) in [5.74, 6) is 1.97. The van der Waals surface area contributed by atoms with Gasteiger partial charge in [0, 0.05) is 33.9 Å². The van der Waals surface area contributed by atoms with E-state index in [-0.39, 0.29) is 6.04 Å². The van der Waals surface area contributed by atoms with E-state index in [1.807, 2.05) is 31.2 Å². The summed E-state index contributed by atoms with van der Waals surface area (Å²) in [5.41, 5.74) is 6.95. The molecule has 0 heterocycles. The van der Waals surface area contributed by atoms with Crippen molar-refractivity contribution in [2.45, 2.75) is 19.4 Å². The van der Waals surface area contributed by atoms with Gasteiger partial charge < -0.3 is 10.5 Å². The zero-order chi connectivity index (χ0) is 12.0. The minimum absolute atomic E-state index is 0.219. The van der Waals surface area contributed by atoms with Gasteiger partial charge in [-0.1, -0.05) is 25.1 Å². The minimum atomic E-state index is -0.841. The number of rotatable bonds is 6. The van der Waals surface area contributed by atoms with E-state index in [1.165, 1.54) is 0 Å². The van der Waals surface area contributed by atoms with Crippen molar-refractivity contribution in [1.29, 1.82) is 0 Å². The van der Waals surface area contributed by atoms with Crippen molar-refractivity contribution in [3.8, 4) is 5.75 Å². The highest BCUT2D eigenvalue weighted by molar-refractivity contribution is 7.85. The van der Waals surface area contributed by atoms with Crippen LogP contribution in [0.3, 0.4) is 0 Å². The van der Waals surface area contributed by atoms with Crippen LogP contribution in [-0.4, -0.2) is 22.8 Å². The molecule has 0 aromatic heterocycles. The molecule has 4 heteroatoms. The Balaban J connectivity index is 2.72. The Morgan fingerprint density at radius 1 is 1.44 bits per heavy atom. The molecule has 0 aliphatic carbocycles. The van der Waals surface area contributed by atoms with E-state index in [0.717, 1.165) is 17.7 Å². The molecule has 2 unspecified atom stereocenters. The largest absolute Gasteiger partial charge is 0.496 e. The van der Waals surface area contributed by atoms with Gasteiger partial charge in [-0.05, 0) is 12.5 Å². The Kier molecular flexibility index (Phi) is 5.49. The molecule has 0 aliphatic heterocycles. The van der Waals surface area contributed by atoms with Gasteiger partial charge in [-0.15, -0.1) is 0 Å². The van der Waals surface area contributed by atoms with E-state index >= 15 is 0 Å². The van der Waals surface area contributed by atoms with E-state index in [2.05, 4.69) is 0 Å². The van der Waals surface area contributed by atoms with Crippen LogP contribution in [0, 0.1) is 0 Å². The van der Waals surface area contributed by atoms with Gasteiger partial charge in [0.05, 0.1) is 7.11 Å². The first-order chi connectivity index (χ1) is 7.69. The van der Waals surface area contributed by atoms with Crippen molar-refractivity contribution in [1.82, 2.24) is 0 Å². The van der Waals surface area contributed by atoms with E-state index in [1.54, 1.807) is 7.11 Å². The van der Waals surface area contributed by atoms with Crippen molar-refractivity contribution in [3.63, 3.8) is 0 Å². The summed E-state index contributed by atoms with van der Waals surface area (Å²) in [7, 11) is 0.778. The predicted octanol–water partition coefficient (Wildman–Crippen LogP) is 1.85. The second-order valence-corrected chi connectivity index (χ2v) is 5.28. The van der Waals surface area contributed by atoms with Crippen molar-refractivity contribution >= 4 is 10.8 Å². The fourth-order valence-corrected chi connectivity index (χ4v) is 2.78. The summed E-state index contributed by atoms with van der Waals surface area (Å²) in [5, 5.41) is 0. The van der Waals surface area contributed by atoms with Gasteiger partial charge in [-0.3, -0.25) is 4.21 Å². The first-order valence-electron chi connectivity index (χ1n) is 5.42. The maximum absolute atomic E-state index is 11.6. The Hall–Kier alpha value is -0.870. The second-order valence-electron chi connectivity index (χ2n) is 3.66. The fraction of sp³-hybridized carbons (Fsp3) is 0.500. The van der Waals surface area contributed by atoms with E-state index in [0.29, 0.717) is 11.5 Å². The third-order valence-corrected chi connectivity index (χ3v) is 3.93. The maximum atomic E-state index is 11.6. The molecule has 0 bridgehead atoms. The molecule has 0 spiro atoms. The molecule has 16 heavy (non-hydrogen) atoms. The highest BCUT2D eigenvalue weighted by atomic mass is 32.2. The molecule has 0 fully saturated rings. The molecule has 90 valence electrons. The average Bonchev–Trinajstić information content (AvgIpc) is 2.29. The number of para-hydroxylation sites is 1. The minimum Gasteiger partial charge on any atom is -0.496 e. The van der Waals surface area contributed by atoms with Crippen molar-refractivity contribution in [3.05, 3.63) is 29.8 Å². The molecule has 2 N–H and O–H groups in total. The molecule has 0 radical (unpaired) electrons. The number of benzene rings is 1. The van der Waals surface area contributed by atoms with Crippen molar-refractivity contribution in [2.24, 2.45) is 5.73 Å². The molecule has 2 atom stereocenters. The van der Waals surface area contributed by atoms with Crippen LogP contribution in [0.15, 0.2) is 24.3 Å². The zero-order valence-electron chi connectivity index (χ0n) is 9.81. The summed E-state index contributed by atoms with van der Waals surface area (Å²) in [6.45, 7) is 2.02. The van der Waals surface area contributed by atoms with E-state index in [9.17, 15) is 4.21 Å². The van der Waals surface area contributed by atoms with Gasteiger partial charge >= 0.3 is 0 Å². The molecular weight excluding hydrogens is 222 g/mol. The highest BCUT2D eigenvalue weighted by Gasteiger charge is 2.13. The fourth-order valence-electron chi connectivity index (χ4n) is 1.57. The molecule has 0 saturated heterocycles. The number of hydrogen-bond donors (Lipinski definition) is 1. The lowest BCUT2D eigenvalue weighted by molar-refractivity contribution is 0.407. The van der Waals surface area contributed by atoms with Crippen LogP contribution >= 0.6 is 0 Å². The normalized spacial score (nSPS) is 14.4. The molecule has 3 nitrogen and oxygen atoms in total. The zero-order valence-corrected chi connectivity index (χ0v) is 10.6. The lowest BCUT2D eigenvalue weighted by atomic mass is 10.1. The molecule has 0 amide bonds. The van der Waals surface area contributed by atoms with Gasteiger partial charge in [-0.2, -0.15) is 0 Å². The van der Waals surface area contributed by atoms with Crippen molar-refractivity contribution < 1.29 is 8.95 Å². The quantitative estimate of drug-likeness (QED) is 0.827. The van der Waals surface area contributed by atoms with Gasteiger partial charge in [-0.25, -0.2) is 0 Å². The van der Waals surface area contributed by atoms with Crippen LogP contribution in [0.1, 0.15) is 24.9 Å². The van der Waals surface area contributed by atoms with Gasteiger partial charge in [0.1, 0.15) is 5.75 Å². The lowest BCUT2D eigenvalue weighted by Crippen LogP contribution is -2.20. The molecular formula is C12H19NO2S. The van der Waals surface area contributed by atoms with Crippen LogP contribution in [-0.2, 0) is 10.8 Å². The van der Waals surface area contributed by atoms with Crippen LogP contribution in [0.5, 0.6) is 5.75 Å². The monoisotopic (exact) mass is 241 g/mol. The molecule has 1 rings (SSSR count). The van der Waals surface area contributed by atoms with Crippen molar-refractivity contribution in [2.75, 3.05) is 18.6 Å². The Morgan fingerprint density at radius 2 is 2.12 bits per heavy atom. The summed E-state index contributed by atoms with van der Waals surface area (Å²) in [6.07, 6.45) is 0.922. The summed E-state index contributed by atoms with van der Waals surface area (Å²) < 4.78 is 16.8. The summed E-state index contributed by atoms with van der Waals surface area (Å²) >= 11 is 0. The Labute approximate surface area is 99.4 Å². The van der Waals surface area contributed by atoms with E-state index in [4.69, 9.17) is 10.5 Å². The first kappa shape index (κ1) is 13.2. The number of nitrogens with two attached hydrogens (primary N) is 1. The molecule has 1 aromatic carbocycles. The van der Waals surface area contributed by atoms with Gasteiger partial charge in [0.15, 0.2) is 0 Å². The summed E-state index contributed by atoms with van der Waals surface area (Å²) in [6, 6.07) is 7.40. The molecule has 0 aliphatic rings. The van der Waals surface area contributed by atoms with Crippen LogP contribution in [0.2, 0.25) is 0 Å². The third-order valence-electron chi connectivity index (χ3n) is 2.34. The SMILES string of the molecule is CCCS(=O)CC(N)c1ccccc1OC. The number of methoxy groups -OCH3 is 1. The Morgan fingerprint density at radius 3 is 2.75 bits per heavy atom. The third kappa shape index (κ3) is 3.61. The highest BCUT2D eigenvalue weighted by Crippen LogP contribution is 2.23. The topological polar surface area (TPSA) is 52.3 Å².